The summed E-state index contributed by atoms with van der Waals surface area (Å²) in [7, 11) is 1.66. The van der Waals surface area contributed by atoms with E-state index >= 15 is 0 Å². The van der Waals surface area contributed by atoms with Gasteiger partial charge in [-0.25, -0.2) is 0 Å². The summed E-state index contributed by atoms with van der Waals surface area (Å²) in [6.07, 6.45) is 3.44. The number of hydrogen-bond acceptors (Lipinski definition) is 2. The highest BCUT2D eigenvalue weighted by Gasteiger charge is 2.16. The van der Waals surface area contributed by atoms with E-state index in [1.165, 1.54) is 17.5 Å². The van der Waals surface area contributed by atoms with Gasteiger partial charge in [-0.2, -0.15) is 0 Å². The minimum atomic E-state index is 0.0959. The van der Waals surface area contributed by atoms with Crippen molar-refractivity contribution in [1.29, 1.82) is 0 Å². The van der Waals surface area contributed by atoms with Gasteiger partial charge in [0, 0.05) is 11.1 Å². The van der Waals surface area contributed by atoms with Crippen LogP contribution >= 0.6 is 0 Å². The predicted molar refractivity (Wildman–Crippen MR) is 84.4 cm³/mol. The first kappa shape index (κ1) is 13.9. The number of aryl methyl sites for hydroxylation is 4. The van der Waals surface area contributed by atoms with Gasteiger partial charge in [-0.15, -0.1) is 0 Å². The Bertz CT molecular complexity index is 690. The van der Waals surface area contributed by atoms with Crippen LogP contribution in [-0.2, 0) is 12.8 Å². The third-order valence-corrected chi connectivity index (χ3v) is 4.29. The van der Waals surface area contributed by atoms with Gasteiger partial charge in [-0.05, 0) is 73.6 Å². The number of ketones is 1. The van der Waals surface area contributed by atoms with Crippen LogP contribution < -0.4 is 4.74 Å². The molecule has 2 nitrogen and oxygen atoms in total. The maximum absolute atomic E-state index is 12.7. The van der Waals surface area contributed by atoms with Crippen molar-refractivity contribution in [3.05, 3.63) is 63.7 Å². The molecular weight excluding hydrogens is 260 g/mol. The summed E-state index contributed by atoms with van der Waals surface area (Å²) in [5.74, 6) is 0.957. The minimum absolute atomic E-state index is 0.0959. The second kappa shape index (κ2) is 5.36. The van der Waals surface area contributed by atoms with E-state index in [4.69, 9.17) is 4.74 Å². The van der Waals surface area contributed by atoms with E-state index in [2.05, 4.69) is 12.1 Å². The first-order valence-electron chi connectivity index (χ1n) is 7.42. The highest BCUT2D eigenvalue weighted by Crippen LogP contribution is 2.27. The molecule has 0 amide bonds. The molecule has 0 atom stereocenters. The van der Waals surface area contributed by atoms with Gasteiger partial charge in [0.15, 0.2) is 5.78 Å². The zero-order valence-corrected chi connectivity index (χ0v) is 12.8. The van der Waals surface area contributed by atoms with Crippen LogP contribution in [0.4, 0.5) is 0 Å². The lowest BCUT2D eigenvalue weighted by Crippen LogP contribution is -2.04. The van der Waals surface area contributed by atoms with Gasteiger partial charge in [-0.1, -0.05) is 12.1 Å². The number of ether oxygens (including phenoxy) is 1. The Morgan fingerprint density at radius 1 is 0.952 bits per heavy atom. The van der Waals surface area contributed by atoms with Gasteiger partial charge in [0.05, 0.1) is 7.11 Å². The molecule has 0 radical (unpaired) electrons. The minimum Gasteiger partial charge on any atom is -0.496 e. The Morgan fingerprint density at radius 2 is 1.62 bits per heavy atom. The van der Waals surface area contributed by atoms with E-state index in [-0.39, 0.29) is 5.78 Å². The summed E-state index contributed by atoms with van der Waals surface area (Å²) in [6.45, 7) is 3.95. The predicted octanol–water partition coefficient (Wildman–Crippen LogP) is 4.03. The zero-order valence-electron chi connectivity index (χ0n) is 12.8. The highest BCUT2D eigenvalue weighted by molar-refractivity contribution is 6.09. The van der Waals surface area contributed by atoms with Crippen LogP contribution in [0.1, 0.15) is 44.6 Å². The van der Waals surface area contributed by atoms with Crippen molar-refractivity contribution >= 4 is 5.78 Å². The number of carbonyl (C=O) groups is 1. The normalized spacial score (nSPS) is 13.1. The fraction of sp³-hybridized carbons (Fsp3) is 0.316. The molecule has 2 aromatic carbocycles. The number of rotatable bonds is 3. The number of methoxy groups -OCH3 is 1. The summed E-state index contributed by atoms with van der Waals surface area (Å²) in [5, 5.41) is 0. The van der Waals surface area contributed by atoms with Crippen LogP contribution in [0.5, 0.6) is 5.75 Å². The van der Waals surface area contributed by atoms with Gasteiger partial charge in [0.1, 0.15) is 5.75 Å². The van der Waals surface area contributed by atoms with Crippen molar-refractivity contribution in [1.82, 2.24) is 0 Å². The number of hydrogen-bond donors (Lipinski definition) is 0. The third-order valence-electron chi connectivity index (χ3n) is 4.29. The van der Waals surface area contributed by atoms with Crippen molar-refractivity contribution < 1.29 is 9.53 Å². The van der Waals surface area contributed by atoms with Crippen LogP contribution in [0.15, 0.2) is 30.3 Å². The van der Waals surface area contributed by atoms with Crippen LogP contribution in [-0.4, -0.2) is 12.9 Å². The summed E-state index contributed by atoms with van der Waals surface area (Å²) in [5.41, 5.74) is 6.27. The average Bonchev–Trinajstić information content (AvgIpc) is 2.93. The highest BCUT2D eigenvalue weighted by atomic mass is 16.5. The topological polar surface area (TPSA) is 26.3 Å². The molecule has 1 aliphatic carbocycles. The van der Waals surface area contributed by atoms with Gasteiger partial charge in [0.2, 0.25) is 0 Å². The number of fused-ring (bicyclic) bond motifs is 1. The molecule has 0 aromatic heterocycles. The largest absolute Gasteiger partial charge is 0.496 e. The summed E-state index contributed by atoms with van der Waals surface area (Å²) in [6, 6.07) is 9.97. The molecule has 0 bridgehead atoms. The monoisotopic (exact) mass is 280 g/mol. The molecule has 3 rings (SSSR count). The molecule has 0 N–H and O–H groups in total. The smallest absolute Gasteiger partial charge is 0.193 e. The molecule has 2 heteroatoms. The Kier molecular flexibility index (Phi) is 3.54. The quantitative estimate of drug-likeness (QED) is 0.793. The van der Waals surface area contributed by atoms with Crippen molar-refractivity contribution in [2.24, 2.45) is 0 Å². The van der Waals surface area contributed by atoms with Crippen molar-refractivity contribution in [3.63, 3.8) is 0 Å². The van der Waals surface area contributed by atoms with Crippen LogP contribution in [0.25, 0.3) is 0 Å². The maximum Gasteiger partial charge on any atom is 0.193 e. The lowest BCUT2D eigenvalue weighted by Gasteiger charge is -2.11. The van der Waals surface area contributed by atoms with Crippen LogP contribution in [0.2, 0.25) is 0 Å². The molecule has 0 spiro atoms. The molecule has 0 unspecified atom stereocenters. The fourth-order valence-electron chi connectivity index (χ4n) is 3.28. The Balaban J connectivity index is 1.99. The van der Waals surface area contributed by atoms with Crippen molar-refractivity contribution in [2.75, 3.05) is 7.11 Å². The maximum atomic E-state index is 12.7. The molecule has 0 aliphatic heterocycles. The second-order valence-corrected chi connectivity index (χ2v) is 5.81. The molecule has 0 saturated heterocycles. The van der Waals surface area contributed by atoms with Gasteiger partial charge in [0.25, 0.3) is 0 Å². The number of benzene rings is 2. The fourth-order valence-corrected chi connectivity index (χ4v) is 3.28. The van der Waals surface area contributed by atoms with Gasteiger partial charge >= 0.3 is 0 Å². The first-order chi connectivity index (χ1) is 10.1. The van der Waals surface area contributed by atoms with E-state index in [0.717, 1.165) is 40.8 Å². The molecule has 21 heavy (non-hydrogen) atoms. The lowest BCUT2D eigenvalue weighted by molar-refractivity contribution is 0.103. The summed E-state index contributed by atoms with van der Waals surface area (Å²) < 4.78 is 5.37. The molecule has 0 saturated carbocycles. The molecule has 108 valence electrons. The standard InChI is InChI=1S/C19H20O2/c1-12-9-17(10-13(2)19(12)21-3)18(20)16-8-7-14-5-4-6-15(14)11-16/h7-11H,4-6H2,1-3H3. The molecule has 1 aliphatic rings. The van der Waals surface area contributed by atoms with E-state index in [1.54, 1.807) is 7.11 Å². The van der Waals surface area contributed by atoms with Crippen molar-refractivity contribution in [2.45, 2.75) is 33.1 Å². The SMILES string of the molecule is COc1c(C)cc(C(=O)c2ccc3c(c2)CCC3)cc1C. The Morgan fingerprint density at radius 3 is 2.29 bits per heavy atom. The lowest BCUT2D eigenvalue weighted by atomic mass is 9.96. The van der Waals surface area contributed by atoms with Crippen LogP contribution in [0.3, 0.4) is 0 Å². The van der Waals surface area contributed by atoms with Crippen LogP contribution in [0, 0.1) is 13.8 Å². The van der Waals surface area contributed by atoms with E-state index in [0.29, 0.717) is 0 Å². The summed E-state index contributed by atoms with van der Waals surface area (Å²) >= 11 is 0. The van der Waals surface area contributed by atoms with E-state index in [9.17, 15) is 4.79 Å². The first-order valence-corrected chi connectivity index (χ1v) is 7.42. The molecule has 0 heterocycles. The summed E-state index contributed by atoms with van der Waals surface area (Å²) in [4.78, 5) is 12.7. The molecule has 2 aromatic rings. The third kappa shape index (κ3) is 2.46. The van der Waals surface area contributed by atoms with Crippen molar-refractivity contribution in [3.8, 4) is 5.75 Å². The Hall–Kier alpha value is -2.09. The van der Waals surface area contributed by atoms with Gasteiger partial charge in [-0.3, -0.25) is 4.79 Å². The zero-order chi connectivity index (χ0) is 15.0. The van der Waals surface area contributed by atoms with Gasteiger partial charge < -0.3 is 4.74 Å². The Labute approximate surface area is 125 Å². The molecule has 0 fully saturated rings. The van der Waals surface area contributed by atoms with E-state index < -0.39 is 0 Å². The number of carbonyl (C=O) groups excluding carboxylic acids is 1. The average molecular weight is 280 g/mol. The van der Waals surface area contributed by atoms with E-state index in [1.807, 2.05) is 32.0 Å². The molecular formula is C19H20O2. The second-order valence-electron chi connectivity index (χ2n) is 5.81.